The summed E-state index contributed by atoms with van der Waals surface area (Å²) in [5.41, 5.74) is 0. The predicted molar refractivity (Wildman–Crippen MR) is 78.9 cm³/mol. The third kappa shape index (κ3) is 13.2. The van der Waals surface area contributed by atoms with E-state index < -0.39 is 0 Å². The molecule has 0 saturated carbocycles. The molecule has 0 saturated heterocycles. The fraction of sp³-hybridized carbons (Fsp3) is 0.867. The maximum atomic E-state index is 11.5. The monoisotopic (exact) mass is 270 g/mol. The van der Waals surface area contributed by atoms with Crippen molar-refractivity contribution in [3.8, 4) is 0 Å². The van der Waals surface area contributed by atoms with Crippen LogP contribution in [0.4, 0.5) is 0 Å². The molecule has 0 bridgehead atoms. The molecule has 0 aliphatic rings. The van der Waals surface area contributed by atoms with E-state index in [0.29, 0.717) is 31.7 Å². The highest BCUT2D eigenvalue weighted by Crippen LogP contribution is 1.99. The second-order valence-electron chi connectivity index (χ2n) is 5.46. The van der Waals surface area contributed by atoms with Gasteiger partial charge in [0.05, 0.1) is 0 Å². The molecule has 0 spiro atoms. The normalized spacial score (nSPS) is 10.5. The Kier molecular flexibility index (Phi) is 11.3. The number of unbranched alkanes of at least 4 members (excludes halogenated alkanes) is 3. The molecule has 0 radical (unpaired) electrons. The highest BCUT2D eigenvalue weighted by Gasteiger charge is 2.04. The van der Waals surface area contributed by atoms with Crippen molar-refractivity contribution in [2.75, 3.05) is 13.1 Å². The SMILES string of the molecule is CCCCCCNC(=O)CCCNC(=O)CC(C)C. The van der Waals surface area contributed by atoms with Gasteiger partial charge in [-0.2, -0.15) is 0 Å². The molecule has 0 heterocycles. The van der Waals surface area contributed by atoms with Gasteiger partial charge in [0.1, 0.15) is 0 Å². The van der Waals surface area contributed by atoms with E-state index in [4.69, 9.17) is 0 Å². The maximum absolute atomic E-state index is 11.5. The maximum Gasteiger partial charge on any atom is 0.220 e. The van der Waals surface area contributed by atoms with Crippen molar-refractivity contribution in [1.29, 1.82) is 0 Å². The van der Waals surface area contributed by atoms with Crippen LogP contribution in [0.2, 0.25) is 0 Å². The van der Waals surface area contributed by atoms with Crippen LogP contribution in [0.5, 0.6) is 0 Å². The predicted octanol–water partition coefficient (Wildman–Crippen LogP) is 2.63. The van der Waals surface area contributed by atoms with E-state index in [9.17, 15) is 9.59 Å². The Morgan fingerprint density at radius 1 is 0.895 bits per heavy atom. The molecule has 0 unspecified atom stereocenters. The lowest BCUT2D eigenvalue weighted by atomic mass is 10.1. The van der Waals surface area contributed by atoms with Crippen LogP contribution in [-0.4, -0.2) is 24.9 Å². The molecule has 0 atom stereocenters. The van der Waals surface area contributed by atoms with E-state index in [-0.39, 0.29) is 11.8 Å². The van der Waals surface area contributed by atoms with Crippen LogP contribution in [0.25, 0.3) is 0 Å². The molecule has 0 aromatic carbocycles. The second kappa shape index (κ2) is 12.0. The van der Waals surface area contributed by atoms with Crippen LogP contribution in [-0.2, 0) is 9.59 Å². The highest BCUT2D eigenvalue weighted by molar-refractivity contribution is 5.77. The fourth-order valence-corrected chi connectivity index (χ4v) is 1.79. The van der Waals surface area contributed by atoms with Crippen molar-refractivity contribution in [3.05, 3.63) is 0 Å². The Hall–Kier alpha value is -1.06. The zero-order valence-corrected chi connectivity index (χ0v) is 12.8. The topological polar surface area (TPSA) is 58.2 Å². The van der Waals surface area contributed by atoms with E-state index in [1.807, 2.05) is 13.8 Å². The standard InChI is InChI=1S/C15H30N2O2/c1-4-5-6-7-10-16-14(18)9-8-11-17-15(19)12-13(2)3/h13H,4-12H2,1-3H3,(H,16,18)(H,17,19). The first-order valence-electron chi connectivity index (χ1n) is 7.59. The second-order valence-corrected chi connectivity index (χ2v) is 5.46. The average Bonchev–Trinajstić information content (AvgIpc) is 2.33. The Morgan fingerprint density at radius 3 is 2.16 bits per heavy atom. The highest BCUT2D eigenvalue weighted by atomic mass is 16.2. The summed E-state index contributed by atoms with van der Waals surface area (Å²) in [6.07, 6.45) is 6.46. The average molecular weight is 270 g/mol. The first-order chi connectivity index (χ1) is 9.06. The molecule has 4 nitrogen and oxygen atoms in total. The van der Waals surface area contributed by atoms with Crippen LogP contribution in [0.15, 0.2) is 0 Å². The first-order valence-corrected chi connectivity index (χ1v) is 7.59. The molecule has 0 rings (SSSR count). The van der Waals surface area contributed by atoms with Crippen molar-refractivity contribution in [1.82, 2.24) is 10.6 Å². The van der Waals surface area contributed by atoms with Crippen LogP contribution in [0.1, 0.15) is 65.7 Å². The molecule has 0 aliphatic carbocycles. The number of hydrogen-bond donors (Lipinski definition) is 2. The molecule has 0 aromatic rings. The summed E-state index contributed by atoms with van der Waals surface area (Å²) in [5, 5.41) is 5.74. The van der Waals surface area contributed by atoms with Gasteiger partial charge in [0.25, 0.3) is 0 Å². The van der Waals surface area contributed by atoms with E-state index in [1.54, 1.807) is 0 Å². The van der Waals surface area contributed by atoms with E-state index in [0.717, 1.165) is 13.0 Å². The fourth-order valence-electron chi connectivity index (χ4n) is 1.79. The smallest absolute Gasteiger partial charge is 0.220 e. The summed E-state index contributed by atoms with van der Waals surface area (Å²) in [6, 6.07) is 0. The van der Waals surface area contributed by atoms with Crippen molar-refractivity contribution in [2.45, 2.75) is 65.7 Å². The summed E-state index contributed by atoms with van der Waals surface area (Å²) < 4.78 is 0. The quantitative estimate of drug-likeness (QED) is 0.567. The number of hydrogen-bond acceptors (Lipinski definition) is 2. The van der Waals surface area contributed by atoms with Crippen molar-refractivity contribution >= 4 is 11.8 Å². The first kappa shape index (κ1) is 17.9. The Bertz CT molecular complexity index is 253. The Balaban J connectivity index is 3.36. The largest absolute Gasteiger partial charge is 0.356 e. The van der Waals surface area contributed by atoms with Crippen LogP contribution in [0, 0.1) is 5.92 Å². The van der Waals surface area contributed by atoms with Crippen molar-refractivity contribution < 1.29 is 9.59 Å². The summed E-state index contributed by atoms with van der Waals surface area (Å²) >= 11 is 0. The minimum Gasteiger partial charge on any atom is -0.356 e. The zero-order valence-electron chi connectivity index (χ0n) is 12.8. The number of rotatable bonds is 11. The summed E-state index contributed by atoms with van der Waals surface area (Å²) in [7, 11) is 0. The lowest BCUT2D eigenvalue weighted by Gasteiger charge is -2.07. The Morgan fingerprint density at radius 2 is 1.53 bits per heavy atom. The van der Waals surface area contributed by atoms with E-state index in [2.05, 4.69) is 17.6 Å². The number of carbonyl (C=O) groups excluding carboxylic acids is 2. The zero-order chi connectivity index (χ0) is 14.5. The van der Waals surface area contributed by atoms with Gasteiger partial charge in [-0.1, -0.05) is 40.0 Å². The van der Waals surface area contributed by atoms with Crippen molar-refractivity contribution in [2.24, 2.45) is 5.92 Å². The summed E-state index contributed by atoms with van der Waals surface area (Å²) in [4.78, 5) is 22.8. The van der Waals surface area contributed by atoms with Gasteiger partial charge in [-0.15, -0.1) is 0 Å². The van der Waals surface area contributed by atoms with Crippen LogP contribution >= 0.6 is 0 Å². The molecular weight excluding hydrogens is 240 g/mol. The molecular formula is C15H30N2O2. The molecule has 0 fully saturated rings. The van der Waals surface area contributed by atoms with Gasteiger partial charge in [-0.3, -0.25) is 9.59 Å². The molecule has 4 heteroatoms. The van der Waals surface area contributed by atoms with Gasteiger partial charge in [0.15, 0.2) is 0 Å². The summed E-state index contributed by atoms with van der Waals surface area (Å²) in [6.45, 7) is 7.58. The molecule has 2 amide bonds. The van der Waals surface area contributed by atoms with Gasteiger partial charge in [0.2, 0.25) is 11.8 Å². The lowest BCUT2D eigenvalue weighted by molar-refractivity contribution is -0.123. The van der Waals surface area contributed by atoms with Gasteiger partial charge < -0.3 is 10.6 Å². The van der Waals surface area contributed by atoms with E-state index in [1.165, 1.54) is 19.3 Å². The minimum atomic E-state index is 0.0787. The van der Waals surface area contributed by atoms with Gasteiger partial charge >= 0.3 is 0 Å². The summed E-state index contributed by atoms with van der Waals surface area (Å²) in [5.74, 6) is 0.552. The van der Waals surface area contributed by atoms with Crippen LogP contribution in [0.3, 0.4) is 0 Å². The Labute approximate surface area is 117 Å². The molecule has 112 valence electrons. The van der Waals surface area contributed by atoms with Gasteiger partial charge in [-0.25, -0.2) is 0 Å². The molecule has 0 aromatic heterocycles. The third-order valence-electron chi connectivity index (χ3n) is 2.85. The van der Waals surface area contributed by atoms with Crippen LogP contribution < -0.4 is 10.6 Å². The number of amides is 2. The molecule has 2 N–H and O–H groups in total. The third-order valence-corrected chi connectivity index (χ3v) is 2.85. The van der Waals surface area contributed by atoms with Gasteiger partial charge in [-0.05, 0) is 18.8 Å². The molecule has 19 heavy (non-hydrogen) atoms. The molecule has 0 aliphatic heterocycles. The number of carbonyl (C=O) groups is 2. The lowest BCUT2D eigenvalue weighted by Crippen LogP contribution is -2.28. The van der Waals surface area contributed by atoms with Crippen molar-refractivity contribution in [3.63, 3.8) is 0 Å². The minimum absolute atomic E-state index is 0.0787. The number of nitrogens with one attached hydrogen (secondary N) is 2. The van der Waals surface area contributed by atoms with Gasteiger partial charge in [0, 0.05) is 25.9 Å². The van der Waals surface area contributed by atoms with E-state index >= 15 is 0 Å².